The van der Waals surface area contributed by atoms with Gasteiger partial charge in [0.2, 0.25) is 0 Å². The van der Waals surface area contributed by atoms with Crippen molar-refractivity contribution in [2.24, 2.45) is 4.99 Å². The standard InChI is InChI=1S/C12H13.C10H11NSi.2ClH.Zr/c1-9(2)12-7-10-5-3-4-6-11(10)8-12;1-12(2)7-8-5-9-3-4-11-10(9)6-8;;;/h3-9H,1-2H3;3-7H,1-2H3;2*1H;/q-1;;;;+3/p-2. The molecule has 2 aliphatic rings. The molecule has 4 rings (SSSR count). The fourth-order valence-corrected chi connectivity index (χ4v) is 3.74. The Morgan fingerprint density at radius 1 is 1.07 bits per heavy atom. The van der Waals surface area contributed by atoms with Crippen molar-refractivity contribution in [3.8, 4) is 0 Å². The molecule has 0 atom stereocenters. The van der Waals surface area contributed by atoms with Gasteiger partial charge in [-0.1, -0.05) is 38.7 Å². The molecule has 0 bridgehead atoms. The summed E-state index contributed by atoms with van der Waals surface area (Å²) < 4.78 is 0. The van der Waals surface area contributed by atoms with Gasteiger partial charge in [-0.2, -0.15) is 6.07 Å². The van der Waals surface area contributed by atoms with Gasteiger partial charge >= 0.3 is 26.2 Å². The Morgan fingerprint density at radius 3 is 2.37 bits per heavy atom. The average Bonchev–Trinajstić information content (AvgIpc) is 3.20. The predicted molar refractivity (Wildman–Crippen MR) is 110 cm³/mol. The Bertz CT molecular complexity index is 880. The monoisotopic (exact) mass is 490 g/mol. The van der Waals surface area contributed by atoms with Crippen LogP contribution in [0.5, 0.6) is 0 Å². The van der Waals surface area contributed by atoms with Gasteiger partial charge in [-0.15, -0.1) is 40.6 Å². The molecule has 2 aromatic rings. The van der Waals surface area contributed by atoms with Crippen molar-refractivity contribution in [1.29, 1.82) is 0 Å². The van der Waals surface area contributed by atoms with Crippen molar-refractivity contribution in [2.75, 3.05) is 0 Å². The van der Waals surface area contributed by atoms with Crippen molar-refractivity contribution in [3.05, 3.63) is 77.0 Å². The van der Waals surface area contributed by atoms with Crippen LogP contribution in [0.2, 0.25) is 13.1 Å². The van der Waals surface area contributed by atoms with Crippen LogP contribution in [-0.4, -0.2) is 20.3 Å². The first-order valence-electron chi connectivity index (χ1n) is 8.51. The number of halogens is 2. The minimum atomic E-state index is -0.265. The molecule has 1 radical (unpaired) electrons. The van der Waals surface area contributed by atoms with Crippen molar-refractivity contribution < 1.29 is 51.0 Å². The molecule has 5 heteroatoms. The van der Waals surface area contributed by atoms with E-state index in [9.17, 15) is 0 Å². The number of hydrogen-bond donors (Lipinski definition) is 0. The molecule has 1 nitrogen and oxygen atoms in total. The summed E-state index contributed by atoms with van der Waals surface area (Å²) in [5.74, 6) is 0.636. The van der Waals surface area contributed by atoms with Gasteiger partial charge in [-0.3, -0.25) is 4.99 Å². The molecule has 1 aliphatic heterocycles. The molecule has 0 unspecified atom stereocenters. The number of allylic oxidation sites excluding steroid dienone is 4. The van der Waals surface area contributed by atoms with Gasteiger partial charge in [0.05, 0.1) is 5.70 Å². The van der Waals surface area contributed by atoms with Crippen molar-refractivity contribution in [3.63, 3.8) is 0 Å². The maximum Gasteiger partial charge on any atom is 3.00 e. The normalized spacial score (nSPS) is 13.1. The molecule has 0 aromatic heterocycles. The van der Waals surface area contributed by atoms with Crippen LogP contribution in [0.3, 0.4) is 0 Å². The van der Waals surface area contributed by atoms with Gasteiger partial charge in [0, 0.05) is 20.2 Å². The molecule has 0 fully saturated rings. The van der Waals surface area contributed by atoms with Crippen LogP contribution in [-0.2, 0) is 26.2 Å². The summed E-state index contributed by atoms with van der Waals surface area (Å²) in [6.45, 7) is 9.04. The molecule has 1 aliphatic carbocycles. The van der Waals surface area contributed by atoms with Gasteiger partial charge in [0.1, 0.15) is 0 Å². The van der Waals surface area contributed by atoms with Gasteiger partial charge in [0.25, 0.3) is 0 Å². The van der Waals surface area contributed by atoms with E-state index in [-0.39, 0.29) is 59.4 Å². The Labute approximate surface area is 195 Å². The number of fused-ring (bicyclic) bond motifs is 2. The first-order chi connectivity index (χ1) is 11.5. The predicted octanol–water partition coefficient (Wildman–Crippen LogP) is -0.353. The summed E-state index contributed by atoms with van der Waals surface area (Å²) in [5, 5.41) is 2.72. The Morgan fingerprint density at radius 2 is 1.78 bits per heavy atom. The Hall–Kier alpha value is -0.730. The second-order valence-corrected chi connectivity index (χ2v) is 9.31. The summed E-state index contributed by atoms with van der Waals surface area (Å²) in [6, 6.07) is 13.1. The third-order valence-electron chi connectivity index (χ3n) is 4.15. The third-order valence-corrected chi connectivity index (χ3v) is 5.06. The zero-order chi connectivity index (χ0) is 17.1. The molecule has 0 saturated carbocycles. The van der Waals surface area contributed by atoms with Crippen LogP contribution in [0.1, 0.15) is 25.3 Å². The van der Waals surface area contributed by atoms with Crippen molar-refractivity contribution in [1.82, 2.24) is 0 Å². The Kier molecular flexibility index (Phi) is 11.6. The van der Waals surface area contributed by atoms with Gasteiger partial charge in [-0.25, -0.2) is 0 Å². The van der Waals surface area contributed by atoms with Crippen LogP contribution < -0.4 is 24.8 Å². The fourth-order valence-electron chi connectivity index (χ4n) is 2.90. The number of aliphatic imine (C=N–C) groups is 1. The number of nitrogens with zero attached hydrogens (tertiary/aromatic N) is 1. The van der Waals surface area contributed by atoms with E-state index in [1.54, 1.807) is 0 Å². The second kappa shape index (κ2) is 12.0. The van der Waals surface area contributed by atoms with E-state index in [0.29, 0.717) is 5.92 Å². The second-order valence-electron chi connectivity index (χ2n) is 6.87. The maximum absolute atomic E-state index is 4.24. The minimum absolute atomic E-state index is 0. The van der Waals surface area contributed by atoms with Gasteiger partial charge in [0.15, 0.2) is 0 Å². The minimum Gasteiger partial charge on any atom is -1.00 e. The summed E-state index contributed by atoms with van der Waals surface area (Å²) >= 11 is 0. The Balaban J connectivity index is 0.000000451. The molecular formula is C22H24Cl2NSiZr. The van der Waals surface area contributed by atoms with E-state index in [1.807, 2.05) is 6.21 Å². The van der Waals surface area contributed by atoms with E-state index in [2.05, 4.69) is 92.2 Å². The third kappa shape index (κ3) is 6.98. The smallest absolute Gasteiger partial charge is 1.00 e. The first-order valence-corrected chi connectivity index (χ1v) is 11.1. The quantitative estimate of drug-likeness (QED) is 0.402. The summed E-state index contributed by atoms with van der Waals surface area (Å²) in [5.41, 5.74) is 7.53. The summed E-state index contributed by atoms with van der Waals surface area (Å²) in [6.07, 6.45) is 8.29. The van der Waals surface area contributed by atoms with Crippen LogP contribution in [0, 0.1) is 0 Å². The van der Waals surface area contributed by atoms with E-state index < -0.39 is 0 Å². The largest absolute Gasteiger partial charge is 3.00 e. The molecule has 1 heterocycles. The summed E-state index contributed by atoms with van der Waals surface area (Å²) in [4.78, 5) is 4.24. The molecule has 0 N–H and O–H groups in total. The maximum atomic E-state index is 4.24. The molecule has 27 heavy (non-hydrogen) atoms. The number of hydrogen-bond acceptors (Lipinski definition) is 1. The van der Waals surface area contributed by atoms with E-state index >= 15 is 0 Å². The SMILES string of the molecule is CC(C)c1cc2ccccc2[cH-]1.C[Si](C)=CC1=CC2=CC=NC2=C1.[Cl-].[Cl-].[Zr+3]. The molecule has 0 spiro atoms. The van der Waals surface area contributed by atoms with E-state index in [1.165, 1.54) is 27.5 Å². The van der Waals surface area contributed by atoms with Gasteiger partial charge in [-0.05, 0) is 29.7 Å². The van der Waals surface area contributed by atoms with E-state index in [0.717, 1.165) is 5.70 Å². The van der Waals surface area contributed by atoms with Crippen LogP contribution in [0.15, 0.2) is 76.5 Å². The number of benzene rings is 1. The zero-order valence-electron chi connectivity index (χ0n) is 16.1. The molecule has 0 saturated heterocycles. The molecular weight excluding hydrogens is 468 g/mol. The zero-order valence-corrected chi connectivity index (χ0v) is 21.1. The average molecular weight is 493 g/mol. The van der Waals surface area contributed by atoms with Crippen molar-refractivity contribution >= 4 is 31.1 Å². The molecule has 2 aromatic carbocycles. The first kappa shape index (κ1) is 26.3. The molecule has 0 amide bonds. The van der Waals surface area contributed by atoms with E-state index in [4.69, 9.17) is 0 Å². The fraction of sp³-hybridized carbons (Fsp3) is 0.227. The topological polar surface area (TPSA) is 12.4 Å². The number of rotatable bonds is 2. The van der Waals surface area contributed by atoms with Crippen LogP contribution in [0.25, 0.3) is 10.8 Å². The van der Waals surface area contributed by atoms with Crippen LogP contribution in [0.4, 0.5) is 0 Å². The summed E-state index contributed by atoms with van der Waals surface area (Å²) in [7, 11) is -0.265. The molecule has 139 valence electrons. The van der Waals surface area contributed by atoms with Crippen LogP contribution >= 0.6 is 0 Å². The van der Waals surface area contributed by atoms with Crippen molar-refractivity contribution in [2.45, 2.75) is 32.9 Å². The van der Waals surface area contributed by atoms with Gasteiger partial charge < -0.3 is 24.8 Å².